The van der Waals surface area contributed by atoms with Gasteiger partial charge in [0.1, 0.15) is 6.54 Å². The Hall–Kier alpha value is -2.07. The summed E-state index contributed by atoms with van der Waals surface area (Å²) in [7, 11) is -3.64. The minimum atomic E-state index is -3.64. The lowest BCUT2D eigenvalue weighted by atomic mass is 10.1. The predicted molar refractivity (Wildman–Crippen MR) is 130 cm³/mol. The molecular weight excluding hydrogens is 482 g/mol. The van der Waals surface area contributed by atoms with Crippen molar-refractivity contribution in [3.05, 3.63) is 53.1 Å². The predicted octanol–water partition coefficient (Wildman–Crippen LogP) is 3.31. The number of amides is 2. The second kappa shape index (κ2) is 10.5. The molecule has 0 aliphatic carbocycles. The maximum Gasteiger partial charge on any atom is 0.243 e. The summed E-state index contributed by atoms with van der Waals surface area (Å²) in [6.45, 7) is 1.29. The molecule has 33 heavy (non-hydrogen) atoms. The summed E-state index contributed by atoms with van der Waals surface area (Å²) >= 11 is 7.25. The van der Waals surface area contributed by atoms with Crippen molar-refractivity contribution in [1.82, 2.24) is 9.62 Å². The van der Waals surface area contributed by atoms with Crippen LogP contribution in [0.2, 0.25) is 5.02 Å². The lowest BCUT2D eigenvalue weighted by Crippen LogP contribution is -2.44. The summed E-state index contributed by atoms with van der Waals surface area (Å²) in [6, 6.07) is 12.3. The number of nitrogens with one attached hydrogen (secondary N) is 1. The fourth-order valence-electron chi connectivity index (χ4n) is 3.97. The van der Waals surface area contributed by atoms with E-state index in [1.54, 1.807) is 24.3 Å². The van der Waals surface area contributed by atoms with Gasteiger partial charge in [-0.15, -0.1) is 11.8 Å². The van der Waals surface area contributed by atoms with E-state index in [4.69, 9.17) is 11.6 Å². The fraction of sp³-hybridized carbons (Fsp3) is 0.391. The smallest absolute Gasteiger partial charge is 0.243 e. The van der Waals surface area contributed by atoms with E-state index in [0.29, 0.717) is 36.8 Å². The van der Waals surface area contributed by atoms with Gasteiger partial charge in [0.25, 0.3) is 0 Å². The normalized spacial score (nSPS) is 17.0. The largest absolute Gasteiger partial charge is 0.354 e. The van der Waals surface area contributed by atoms with Gasteiger partial charge in [0.15, 0.2) is 0 Å². The first-order chi connectivity index (χ1) is 15.8. The zero-order valence-corrected chi connectivity index (χ0v) is 20.5. The highest BCUT2D eigenvalue weighted by molar-refractivity contribution is 8.00. The highest BCUT2D eigenvalue weighted by Crippen LogP contribution is 2.37. The van der Waals surface area contributed by atoms with Crippen LogP contribution in [0.15, 0.2) is 52.3 Å². The van der Waals surface area contributed by atoms with Crippen molar-refractivity contribution < 1.29 is 18.0 Å². The van der Waals surface area contributed by atoms with Crippen LogP contribution in [-0.4, -0.2) is 56.5 Å². The molecule has 0 bridgehead atoms. The van der Waals surface area contributed by atoms with E-state index in [-0.39, 0.29) is 29.0 Å². The van der Waals surface area contributed by atoms with E-state index in [2.05, 4.69) is 5.32 Å². The van der Waals surface area contributed by atoms with Gasteiger partial charge in [0, 0.05) is 29.6 Å². The van der Waals surface area contributed by atoms with Gasteiger partial charge in [-0.2, -0.15) is 4.31 Å². The molecule has 1 saturated heterocycles. The Morgan fingerprint density at radius 3 is 2.52 bits per heavy atom. The Morgan fingerprint density at radius 2 is 1.79 bits per heavy atom. The zero-order valence-electron chi connectivity index (χ0n) is 18.1. The van der Waals surface area contributed by atoms with Crippen LogP contribution in [0.4, 0.5) is 5.69 Å². The molecule has 1 fully saturated rings. The molecule has 0 spiro atoms. The van der Waals surface area contributed by atoms with E-state index in [9.17, 15) is 18.0 Å². The minimum Gasteiger partial charge on any atom is -0.354 e. The maximum atomic E-state index is 13.1. The third-order valence-corrected chi connectivity index (χ3v) is 8.97. The third kappa shape index (κ3) is 5.71. The number of sulfonamides is 1. The zero-order chi connectivity index (χ0) is 23.4. The van der Waals surface area contributed by atoms with Crippen molar-refractivity contribution in [1.29, 1.82) is 0 Å². The first-order valence-electron chi connectivity index (χ1n) is 10.9. The molecule has 0 aromatic heterocycles. The molecule has 0 unspecified atom stereocenters. The number of rotatable bonds is 7. The van der Waals surface area contributed by atoms with Crippen LogP contribution in [0.25, 0.3) is 0 Å². The Labute approximate surface area is 203 Å². The van der Waals surface area contributed by atoms with Gasteiger partial charge in [-0.3, -0.25) is 9.59 Å². The molecule has 0 saturated carbocycles. The van der Waals surface area contributed by atoms with Crippen molar-refractivity contribution >= 4 is 50.9 Å². The van der Waals surface area contributed by atoms with Crippen LogP contribution in [-0.2, 0) is 26.0 Å². The molecule has 0 radical (unpaired) electrons. The molecule has 2 aliphatic heterocycles. The number of hydrogen-bond acceptors (Lipinski definition) is 5. The van der Waals surface area contributed by atoms with Gasteiger partial charge in [0.05, 0.1) is 16.3 Å². The van der Waals surface area contributed by atoms with Crippen LogP contribution in [0.1, 0.15) is 24.8 Å². The first kappa shape index (κ1) is 24.1. The van der Waals surface area contributed by atoms with Crippen molar-refractivity contribution in [3.63, 3.8) is 0 Å². The summed E-state index contributed by atoms with van der Waals surface area (Å²) in [5, 5.41) is 3.50. The summed E-state index contributed by atoms with van der Waals surface area (Å²) in [5.74, 6) is -0.296. The van der Waals surface area contributed by atoms with Gasteiger partial charge in [-0.05, 0) is 55.2 Å². The summed E-state index contributed by atoms with van der Waals surface area (Å²) in [4.78, 5) is 27.6. The topological polar surface area (TPSA) is 86.8 Å². The quantitative estimate of drug-likeness (QED) is 0.621. The molecule has 176 valence electrons. The lowest BCUT2D eigenvalue weighted by molar-refractivity contribution is -0.122. The standard InChI is InChI=1S/C23H26ClN3O4S2/c24-18-6-4-17(5-7-18)10-11-25-22(28)15-27-20-14-19(8-9-21(20)32-16-23(27)29)33(30,31)26-12-2-1-3-13-26/h4-9,14H,1-3,10-13,15-16H2,(H,25,28). The van der Waals surface area contributed by atoms with Crippen LogP contribution in [0.5, 0.6) is 0 Å². The number of benzene rings is 2. The molecular formula is C23H26ClN3O4S2. The van der Waals surface area contributed by atoms with E-state index < -0.39 is 10.0 Å². The molecule has 2 aromatic rings. The second-order valence-corrected chi connectivity index (χ2v) is 11.5. The number of carbonyl (C=O) groups excluding carboxylic acids is 2. The lowest BCUT2D eigenvalue weighted by Gasteiger charge is -2.30. The van der Waals surface area contributed by atoms with Gasteiger partial charge in [0.2, 0.25) is 21.8 Å². The molecule has 7 nitrogen and oxygen atoms in total. The fourth-order valence-corrected chi connectivity index (χ4v) is 6.55. The number of fused-ring (bicyclic) bond motifs is 1. The van der Waals surface area contributed by atoms with Gasteiger partial charge in [-0.25, -0.2) is 8.42 Å². The second-order valence-electron chi connectivity index (χ2n) is 8.09. The van der Waals surface area contributed by atoms with Gasteiger partial charge < -0.3 is 10.2 Å². The molecule has 4 rings (SSSR count). The van der Waals surface area contributed by atoms with Crippen molar-refractivity contribution in [2.75, 3.05) is 36.8 Å². The number of hydrogen-bond donors (Lipinski definition) is 1. The number of thioether (sulfide) groups is 1. The number of anilines is 1. The Kier molecular flexibility index (Phi) is 7.63. The van der Waals surface area contributed by atoms with Crippen LogP contribution >= 0.6 is 23.4 Å². The third-order valence-electron chi connectivity index (χ3n) is 5.78. The van der Waals surface area contributed by atoms with Crippen molar-refractivity contribution in [2.45, 2.75) is 35.5 Å². The van der Waals surface area contributed by atoms with Crippen LogP contribution in [0, 0.1) is 0 Å². The Bertz CT molecular complexity index is 1130. The van der Waals surface area contributed by atoms with Gasteiger partial charge >= 0.3 is 0 Å². The molecule has 2 aliphatic rings. The van der Waals surface area contributed by atoms with Crippen LogP contribution in [0.3, 0.4) is 0 Å². The molecule has 10 heteroatoms. The Balaban J connectivity index is 1.46. The number of nitrogens with zero attached hydrogens (tertiary/aromatic N) is 2. The average molecular weight is 508 g/mol. The molecule has 2 heterocycles. The van der Waals surface area contributed by atoms with Crippen molar-refractivity contribution in [2.24, 2.45) is 0 Å². The first-order valence-corrected chi connectivity index (χ1v) is 13.7. The Morgan fingerprint density at radius 1 is 1.06 bits per heavy atom. The number of piperidine rings is 1. The van der Waals surface area contributed by atoms with Crippen LogP contribution < -0.4 is 10.2 Å². The molecule has 2 amide bonds. The van der Waals surface area contributed by atoms with E-state index >= 15 is 0 Å². The van der Waals surface area contributed by atoms with E-state index in [0.717, 1.165) is 29.7 Å². The number of halogens is 1. The SMILES string of the molecule is O=C(CN1C(=O)CSc2ccc(S(=O)(=O)N3CCCCC3)cc21)NCCc1ccc(Cl)cc1. The highest BCUT2D eigenvalue weighted by atomic mass is 35.5. The van der Waals surface area contributed by atoms with E-state index in [1.807, 2.05) is 12.1 Å². The van der Waals surface area contributed by atoms with Gasteiger partial charge in [-0.1, -0.05) is 30.2 Å². The molecule has 0 atom stereocenters. The minimum absolute atomic E-state index is 0.153. The summed E-state index contributed by atoms with van der Waals surface area (Å²) in [5.41, 5.74) is 1.52. The number of carbonyl (C=O) groups is 2. The molecule has 2 aromatic carbocycles. The van der Waals surface area contributed by atoms with Crippen molar-refractivity contribution in [3.8, 4) is 0 Å². The summed E-state index contributed by atoms with van der Waals surface area (Å²) < 4.78 is 27.7. The average Bonchev–Trinajstić information content (AvgIpc) is 2.82. The van der Waals surface area contributed by atoms with E-state index in [1.165, 1.54) is 27.0 Å². The molecule has 1 N–H and O–H groups in total. The highest BCUT2D eigenvalue weighted by Gasteiger charge is 2.31. The summed E-state index contributed by atoms with van der Waals surface area (Å²) in [6.07, 6.45) is 3.37. The monoisotopic (exact) mass is 507 g/mol. The maximum absolute atomic E-state index is 13.1.